The van der Waals surface area contributed by atoms with E-state index >= 15 is 0 Å². The number of hydrogen-bond donors (Lipinski definition) is 1. The van der Waals surface area contributed by atoms with Crippen molar-refractivity contribution in [2.24, 2.45) is 5.92 Å². The maximum atomic E-state index is 4.36. The summed E-state index contributed by atoms with van der Waals surface area (Å²) < 4.78 is 1.16. The second kappa shape index (κ2) is 5.84. The topological polar surface area (TPSA) is 41.1 Å². The summed E-state index contributed by atoms with van der Waals surface area (Å²) in [5, 5.41) is 5.55. The molecule has 2 aromatic heterocycles. The zero-order valence-corrected chi connectivity index (χ0v) is 12.1. The van der Waals surface area contributed by atoms with E-state index in [1.54, 1.807) is 17.7 Å². The van der Waals surface area contributed by atoms with Crippen LogP contribution in [0.2, 0.25) is 0 Å². The summed E-state index contributed by atoms with van der Waals surface area (Å²) in [7, 11) is 0. The van der Waals surface area contributed by atoms with Crippen molar-refractivity contribution in [1.82, 2.24) is 14.9 Å². The summed E-state index contributed by atoms with van der Waals surface area (Å²) >= 11 is 1.70. The van der Waals surface area contributed by atoms with Crippen molar-refractivity contribution in [3.8, 4) is 0 Å². The van der Waals surface area contributed by atoms with Crippen molar-refractivity contribution < 1.29 is 0 Å². The molecular formula is C14H20N4S. The number of nitrogens with one attached hydrogen (secondary N) is 1. The molecule has 3 heterocycles. The van der Waals surface area contributed by atoms with E-state index < -0.39 is 0 Å². The largest absolute Gasteiger partial charge is 0.368 e. The van der Waals surface area contributed by atoms with Gasteiger partial charge in [-0.25, -0.2) is 9.97 Å². The Bertz CT molecular complexity index is 533. The summed E-state index contributed by atoms with van der Waals surface area (Å²) in [6.45, 7) is 7.00. The van der Waals surface area contributed by atoms with Crippen molar-refractivity contribution in [3.63, 3.8) is 0 Å². The summed E-state index contributed by atoms with van der Waals surface area (Å²) in [5.41, 5.74) is 1.04. The highest BCUT2D eigenvalue weighted by atomic mass is 32.1. The Morgan fingerprint density at radius 2 is 2.21 bits per heavy atom. The minimum absolute atomic E-state index is 0.642. The van der Waals surface area contributed by atoms with Crippen LogP contribution < -0.4 is 5.32 Å². The van der Waals surface area contributed by atoms with Gasteiger partial charge in [-0.05, 0) is 43.3 Å². The minimum Gasteiger partial charge on any atom is -0.368 e. The predicted octanol–water partition coefficient (Wildman–Crippen LogP) is 2.84. The van der Waals surface area contributed by atoms with Crippen LogP contribution in [0.15, 0.2) is 17.8 Å². The molecule has 1 N–H and O–H groups in total. The van der Waals surface area contributed by atoms with Crippen LogP contribution in [0.1, 0.15) is 19.8 Å². The molecule has 1 atom stereocenters. The molecule has 1 aliphatic rings. The maximum absolute atomic E-state index is 4.36. The van der Waals surface area contributed by atoms with Crippen molar-refractivity contribution in [1.29, 1.82) is 0 Å². The summed E-state index contributed by atoms with van der Waals surface area (Å²) in [4.78, 5) is 11.2. The maximum Gasteiger partial charge on any atom is 0.147 e. The fraction of sp³-hybridized carbons (Fsp3) is 0.571. The molecule has 0 saturated carbocycles. The first kappa shape index (κ1) is 12.8. The first-order valence-electron chi connectivity index (χ1n) is 6.97. The van der Waals surface area contributed by atoms with Crippen LogP contribution in [-0.2, 0) is 0 Å². The second-order valence-electron chi connectivity index (χ2n) is 5.35. The third-order valence-corrected chi connectivity index (χ3v) is 4.54. The van der Waals surface area contributed by atoms with Gasteiger partial charge in [0, 0.05) is 13.1 Å². The van der Waals surface area contributed by atoms with Crippen LogP contribution in [0.4, 0.5) is 5.82 Å². The van der Waals surface area contributed by atoms with E-state index in [1.807, 2.05) is 6.07 Å². The van der Waals surface area contributed by atoms with E-state index in [4.69, 9.17) is 0 Å². The molecule has 0 spiro atoms. The zero-order valence-electron chi connectivity index (χ0n) is 11.3. The quantitative estimate of drug-likeness (QED) is 0.911. The van der Waals surface area contributed by atoms with Gasteiger partial charge in [0.25, 0.3) is 0 Å². The molecule has 4 nitrogen and oxygen atoms in total. The highest BCUT2D eigenvalue weighted by Crippen LogP contribution is 2.24. The molecule has 0 aliphatic carbocycles. The first-order valence-corrected chi connectivity index (χ1v) is 7.85. The molecule has 102 valence electrons. The molecular weight excluding hydrogens is 256 g/mol. The SMILES string of the molecule is CC(CNc1ncnc2ccsc12)CN1CCCC1. The van der Waals surface area contributed by atoms with Gasteiger partial charge < -0.3 is 10.2 Å². The van der Waals surface area contributed by atoms with Crippen molar-refractivity contribution in [3.05, 3.63) is 17.8 Å². The zero-order chi connectivity index (χ0) is 13.1. The summed E-state index contributed by atoms with van der Waals surface area (Å²) in [6.07, 6.45) is 4.37. The van der Waals surface area contributed by atoms with Gasteiger partial charge in [-0.1, -0.05) is 6.92 Å². The molecule has 0 radical (unpaired) electrons. The van der Waals surface area contributed by atoms with Gasteiger partial charge in [-0.3, -0.25) is 0 Å². The van der Waals surface area contributed by atoms with Crippen LogP contribution in [0.3, 0.4) is 0 Å². The molecule has 0 amide bonds. The van der Waals surface area contributed by atoms with Gasteiger partial charge in [-0.2, -0.15) is 0 Å². The number of hydrogen-bond acceptors (Lipinski definition) is 5. The second-order valence-corrected chi connectivity index (χ2v) is 6.27. The Balaban J connectivity index is 1.57. The third kappa shape index (κ3) is 3.04. The minimum atomic E-state index is 0.642. The number of fused-ring (bicyclic) bond motifs is 1. The first-order chi connectivity index (χ1) is 9.33. The Labute approximate surface area is 117 Å². The summed E-state index contributed by atoms with van der Waals surface area (Å²) in [5.74, 6) is 1.62. The predicted molar refractivity (Wildman–Crippen MR) is 80.7 cm³/mol. The van der Waals surface area contributed by atoms with Crippen LogP contribution in [0, 0.1) is 5.92 Å². The fourth-order valence-corrected chi connectivity index (χ4v) is 3.47. The third-order valence-electron chi connectivity index (χ3n) is 3.63. The Morgan fingerprint density at radius 1 is 1.37 bits per heavy atom. The van der Waals surface area contributed by atoms with Crippen LogP contribution in [0.5, 0.6) is 0 Å². The number of rotatable bonds is 5. The van der Waals surface area contributed by atoms with Crippen molar-refractivity contribution in [2.75, 3.05) is 31.5 Å². The highest BCUT2D eigenvalue weighted by Gasteiger charge is 2.15. The molecule has 1 aliphatic heterocycles. The summed E-state index contributed by atoms with van der Waals surface area (Å²) in [6, 6.07) is 2.04. The monoisotopic (exact) mass is 276 g/mol. The number of thiophene rings is 1. The van der Waals surface area contributed by atoms with Crippen LogP contribution in [0.25, 0.3) is 10.2 Å². The Hall–Kier alpha value is -1.20. The van der Waals surface area contributed by atoms with E-state index in [9.17, 15) is 0 Å². The number of anilines is 1. The van der Waals surface area contributed by atoms with Crippen molar-refractivity contribution in [2.45, 2.75) is 19.8 Å². The van der Waals surface area contributed by atoms with Crippen molar-refractivity contribution >= 4 is 27.4 Å². The normalized spacial score (nSPS) is 17.9. The van der Waals surface area contributed by atoms with E-state index in [2.05, 4.69) is 32.5 Å². The fourth-order valence-electron chi connectivity index (χ4n) is 2.66. The van der Waals surface area contributed by atoms with Gasteiger partial charge in [0.1, 0.15) is 12.1 Å². The number of aromatic nitrogens is 2. The van der Waals surface area contributed by atoms with E-state index in [1.165, 1.54) is 32.5 Å². The average Bonchev–Trinajstić information content (AvgIpc) is 3.06. The Kier molecular flexibility index (Phi) is 3.94. The molecule has 5 heteroatoms. The van der Waals surface area contributed by atoms with E-state index in [-0.39, 0.29) is 0 Å². The van der Waals surface area contributed by atoms with Gasteiger partial charge in [0.15, 0.2) is 0 Å². The van der Waals surface area contributed by atoms with Crippen LogP contribution >= 0.6 is 11.3 Å². The standard InChI is InChI=1S/C14H20N4S/c1-11(9-18-5-2-3-6-18)8-15-14-13-12(4-7-19-13)16-10-17-14/h4,7,10-11H,2-3,5-6,8-9H2,1H3,(H,15,16,17). The lowest BCUT2D eigenvalue weighted by Crippen LogP contribution is -2.29. The molecule has 0 aromatic carbocycles. The highest BCUT2D eigenvalue weighted by molar-refractivity contribution is 7.17. The lowest BCUT2D eigenvalue weighted by Gasteiger charge is -2.20. The van der Waals surface area contributed by atoms with Gasteiger partial charge in [-0.15, -0.1) is 11.3 Å². The Morgan fingerprint density at radius 3 is 3.05 bits per heavy atom. The number of likely N-dealkylation sites (tertiary alicyclic amines) is 1. The molecule has 3 rings (SSSR count). The molecule has 19 heavy (non-hydrogen) atoms. The lowest BCUT2D eigenvalue weighted by atomic mass is 10.1. The molecule has 1 unspecified atom stereocenters. The van der Waals surface area contributed by atoms with E-state index in [0.717, 1.165) is 22.6 Å². The number of nitrogens with zero attached hydrogens (tertiary/aromatic N) is 3. The molecule has 0 bridgehead atoms. The van der Waals surface area contributed by atoms with Crippen LogP contribution in [-0.4, -0.2) is 41.0 Å². The molecule has 1 saturated heterocycles. The lowest BCUT2D eigenvalue weighted by molar-refractivity contribution is 0.294. The molecule has 1 fully saturated rings. The van der Waals surface area contributed by atoms with E-state index in [0.29, 0.717) is 5.92 Å². The van der Waals surface area contributed by atoms with Gasteiger partial charge in [0.05, 0.1) is 10.2 Å². The van der Waals surface area contributed by atoms with Gasteiger partial charge in [0.2, 0.25) is 0 Å². The van der Waals surface area contributed by atoms with Gasteiger partial charge >= 0.3 is 0 Å². The average molecular weight is 276 g/mol. The molecule has 2 aromatic rings. The smallest absolute Gasteiger partial charge is 0.147 e.